The molecule has 1 saturated heterocycles. The zero-order valence-electron chi connectivity index (χ0n) is 14.4. The van der Waals surface area contributed by atoms with Gasteiger partial charge in [0.2, 0.25) is 0 Å². The lowest BCUT2D eigenvalue weighted by atomic mass is 10.1. The summed E-state index contributed by atoms with van der Waals surface area (Å²) in [6.45, 7) is 2.63. The lowest BCUT2D eigenvalue weighted by molar-refractivity contribution is -0.143. The van der Waals surface area contributed by atoms with Gasteiger partial charge in [0.1, 0.15) is 0 Å². The first-order chi connectivity index (χ1) is 12.1. The molecule has 25 heavy (non-hydrogen) atoms. The van der Waals surface area contributed by atoms with Crippen molar-refractivity contribution >= 4 is 35.0 Å². The number of esters is 1. The SMILES string of the molecule is CCOC(=O)CCCCCCN1C(=O)SC(=Cc2ccccc2)C1=O. The van der Waals surface area contributed by atoms with Gasteiger partial charge >= 0.3 is 5.97 Å². The maximum absolute atomic E-state index is 12.4. The van der Waals surface area contributed by atoms with E-state index in [1.165, 1.54) is 4.90 Å². The van der Waals surface area contributed by atoms with Crippen LogP contribution in [0.4, 0.5) is 4.79 Å². The Hall–Kier alpha value is -2.08. The molecule has 2 rings (SSSR count). The Morgan fingerprint density at radius 2 is 1.84 bits per heavy atom. The topological polar surface area (TPSA) is 63.7 Å². The first-order valence-electron chi connectivity index (χ1n) is 8.58. The number of hydrogen-bond acceptors (Lipinski definition) is 5. The second-order valence-corrected chi connectivity index (χ2v) is 6.71. The fourth-order valence-electron chi connectivity index (χ4n) is 2.52. The summed E-state index contributed by atoms with van der Waals surface area (Å²) < 4.78 is 4.87. The Labute approximate surface area is 152 Å². The number of carbonyl (C=O) groups is 3. The second kappa shape index (κ2) is 10.0. The van der Waals surface area contributed by atoms with E-state index in [4.69, 9.17) is 4.74 Å². The molecule has 1 aromatic carbocycles. The van der Waals surface area contributed by atoms with E-state index in [0.717, 1.165) is 43.0 Å². The summed E-state index contributed by atoms with van der Waals surface area (Å²) in [7, 11) is 0. The van der Waals surface area contributed by atoms with Crippen molar-refractivity contribution in [2.45, 2.75) is 39.0 Å². The van der Waals surface area contributed by atoms with Crippen LogP contribution in [-0.2, 0) is 14.3 Å². The predicted molar refractivity (Wildman–Crippen MR) is 98.8 cm³/mol. The van der Waals surface area contributed by atoms with Crippen LogP contribution in [0.3, 0.4) is 0 Å². The number of rotatable bonds is 9. The highest BCUT2D eigenvalue weighted by molar-refractivity contribution is 8.18. The lowest BCUT2D eigenvalue weighted by Gasteiger charge is -2.11. The van der Waals surface area contributed by atoms with E-state index >= 15 is 0 Å². The third-order valence-corrected chi connectivity index (χ3v) is 4.70. The van der Waals surface area contributed by atoms with Crippen molar-refractivity contribution in [3.05, 3.63) is 40.8 Å². The minimum Gasteiger partial charge on any atom is -0.466 e. The molecular weight excluding hydrogens is 338 g/mol. The monoisotopic (exact) mass is 361 g/mol. The molecule has 0 atom stereocenters. The molecule has 1 aliphatic rings. The zero-order chi connectivity index (χ0) is 18.1. The summed E-state index contributed by atoms with van der Waals surface area (Å²) in [6, 6.07) is 9.50. The average molecular weight is 361 g/mol. The number of amides is 2. The molecule has 0 spiro atoms. The molecule has 0 radical (unpaired) electrons. The molecule has 0 bridgehead atoms. The Kier molecular flexibility index (Phi) is 7.73. The van der Waals surface area contributed by atoms with Gasteiger partial charge in [-0.2, -0.15) is 0 Å². The number of thioether (sulfide) groups is 1. The van der Waals surface area contributed by atoms with E-state index in [9.17, 15) is 14.4 Å². The molecule has 134 valence electrons. The van der Waals surface area contributed by atoms with Crippen LogP contribution >= 0.6 is 11.8 Å². The molecule has 1 aromatic rings. The standard InChI is InChI=1S/C19H23NO4S/c1-2-24-17(21)12-8-3-4-9-13-20-18(22)16(25-19(20)23)14-15-10-6-5-7-11-15/h5-7,10-11,14H,2-4,8-9,12-13H2,1H3. The molecule has 2 amide bonds. The highest BCUT2D eigenvalue weighted by Crippen LogP contribution is 2.32. The minimum absolute atomic E-state index is 0.167. The first-order valence-corrected chi connectivity index (χ1v) is 9.39. The molecule has 1 aliphatic heterocycles. The minimum atomic E-state index is -0.217. The van der Waals surface area contributed by atoms with Gasteiger partial charge in [-0.25, -0.2) is 0 Å². The van der Waals surface area contributed by atoms with Crippen molar-refractivity contribution in [3.63, 3.8) is 0 Å². The van der Waals surface area contributed by atoms with Gasteiger partial charge in [0.15, 0.2) is 0 Å². The molecular formula is C19H23NO4S. The summed E-state index contributed by atoms with van der Waals surface area (Å²) in [5.41, 5.74) is 0.909. The van der Waals surface area contributed by atoms with Crippen LogP contribution < -0.4 is 0 Å². The van der Waals surface area contributed by atoms with Crippen LogP contribution in [0.1, 0.15) is 44.6 Å². The van der Waals surface area contributed by atoms with Gasteiger partial charge in [-0.3, -0.25) is 19.3 Å². The quantitative estimate of drug-likeness (QED) is 0.374. The molecule has 0 unspecified atom stereocenters. The number of imide groups is 1. The van der Waals surface area contributed by atoms with Gasteiger partial charge in [-0.05, 0) is 43.2 Å². The van der Waals surface area contributed by atoms with E-state index < -0.39 is 0 Å². The second-order valence-electron chi connectivity index (χ2n) is 5.71. The molecule has 0 N–H and O–H groups in total. The summed E-state index contributed by atoms with van der Waals surface area (Å²) in [6.07, 6.45) is 5.46. The largest absolute Gasteiger partial charge is 0.466 e. The summed E-state index contributed by atoms with van der Waals surface area (Å²) >= 11 is 0.992. The number of ether oxygens (including phenoxy) is 1. The number of unbranched alkanes of at least 4 members (excludes halogenated alkanes) is 3. The van der Waals surface area contributed by atoms with Crippen LogP contribution in [0.25, 0.3) is 6.08 Å². The molecule has 0 saturated carbocycles. The molecule has 0 aliphatic carbocycles. The van der Waals surface area contributed by atoms with Crippen molar-refractivity contribution in [2.24, 2.45) is 0 Å². The number of benzene rings is 1. The van der Waals surface area contributed by atoms with E-state index in [1.54, 1.807) is 13.0 Å². The maximum atomic E-state index is 12.4. The van der Waals surface area contributed by atoms with Crippen molar-refractivity contribution in [1.29, 1.82) is 0 Å². The fraction of sp³-hybridized carbons (Fsp3) is 0.421. The van der Waals surface area contributed by atoms with Gasteiger partial charge in [-0.1, -0.05) is 43.2 Å². The lowest BCUT2D eigenvalue weighted by Crippen LogP contribution is -2.29. The smallest absolute Gasteiger partial charge is 0.305 e. The maximum Gasteiger partial charge on any atom is 0.305 e. The summed E-state index contributed by atoms with van der Waals surface area (Å²) in [5.74, 6) is -0.384. The number of nitrogens with zero attached hydrogens (tertiary/aromatic N) is 1. The summed E-state index contributed by atoms with van der Waals surface area (Å²) in [4.78, 5) is 37.4. The Bertz CT molecular complexity index is 642. The van der Waals surface area contributed by atoms with Gasteiger partial charge in [0.25, 0.3) is 11.1 Å². The molecule has 1 heterocycles. The summed E-state index contributed by atoms with van der Waals surface area (Å²) in [5, 5.41) is -0.210. The molecule has 6 heteroatoms. The van der Waals surface area contributed by atoms with Crippen molar-refractivity contribution in [1.82, 2.24) is 4.90 Å². The van der Waals surface area contributed by atoms with E-state index in [0.29, 0.717) is 24.5 Å². The van der Waals surface area contributed by atoms with Crippen LogP contribution in [0.2, 0.25) is 0 Å². The Balaban J connectivity index is 1.74. The van der Waals surface area contributed by atoms with Crippen LogP contribution in [0, 0.1) is 0 Å². The Morgan fingerprint density at radius 1 is 1.12 bits per heavy atom. The third-order valence-electron chi connectivity index (χ3n) is 3.79. The van der Waals surface area contributed by atoms with Crippen LogP contribution in [0.5, 0.6) is 0 Å². The molecule has 5 nitrogen and oxygen atoms in total. The first kappa shape index (κ1) is 19.2. The van der Waals surface area contributed by atoms with Gasteiger partial charge < -0.3 is 4.74 Å². The number of carbonyl (C=O) groups excluding carboxylic acids is 3. The normalized spacial score (nSPS) is 15.9. The zero-order valence-corrected chi connectivity index (χ0v) is 15.2. The fourth-order valence-corrected chi connectivity index (χ4v) is 3.38. The average Bonchev–Trinajstić information content (AvgIpc) is 2.86. The van der Waals surface area contributed by atoms with Crippen molar-refractivity contribution in [2.75, 3.05) is 13.2 Å². The Morgan fingerprint density at radius 3 is 2.56 bits per heavy atom. The van der Waals surface area contributed by atoms with Crippen LogP contribution in [-0.4, -0.2) is 35.2 Å². The number of hydrogen-bond donors (Lipinski definition) is 0. The van der Waals surface area contributed by atoms with Gasteiger partial charge in [0.05, 0.1) is 11.5 Å². The van der Waals surface area contributed by atoms with Crippen LogP contribution in [0.15, 0.2) is 35.2 Å². The van der Waals surface area contributed by atoms with Crippen molar-refractivity contribution in [3.8, 4) is 0 Å². The highest BCUT2D eigenvalue weighted by atomic mass is 32.2. The highest BCUT2D eigenvalue weighted by Gasteiger charge is 2.34. The van der Waals surface area contributed by atoms with E-state index in [2.05, 4.69) is 0 Å². The van der Waals surface area contributed by atoms with Gasteiger partial charge in [-0.15, -0.1) is 0 Å². The molecule has 1 fully saturated rings. The molecule has 0 aromatic heterocycles. The van der Waals surface area contributed by atoms with E-state index in [-0.39, 0.29) is 17.1 Å². The van der Waals surface area contributed by atoms with E-state index in [1.807, 2.05) is 30.3 Å². The van der Waals surface area contributed by atoms with Gasteiger partial charge in [0, 0.05) is 13.0 Å². The third kappa shape index (κ3) is 6.05. The van der Waals surface area contributed by atoms with Crippen molar-refractivity contribution < 1.29 is 19.1 Å². The predicted octanol–water partition coefficient (Wildman–Crippen LogP) is 4.24.